The first-order chi connectivity index (χ1) is 12.9. The van der Waals surface area contributed by atoms with Crippen molar-refractivity contribution in [3.8, 4) is 0 Å². The van der Waals surface area contributed by atoms with Crippen LogP contribution in [0.15, 0.2) is 29.4 Å². The van der Waals surface area contributed by atoms with Crippen molar-refractivity contribution in [3.63, 3.8) is 0 Å². The van der Waals surface area contributed by atoms with Gasteiger partial charge < -0.3 is 19.4 Å². The van der Waals surface area contributed by atoms with Crippen LogP contribution in [-0.2, 0) is 19.1 Å². The van der Waals surface area contributed by atoms with Crippen LogP contribution in [0.25, 0.3) is 0 Å². The van der Waals surface area contributed by atoms with Crippen LogP contribution in [0.1, 0.15) is 57.6 Å². The second kappa shape index (κ2) is 9.85. The van der Waals surface area contributed by atoms with Crippen molar-refractivity contribution in [2.75, 3.05) is 13.2 Å². The van der Waals surface area contributed by atoms with Gasteiger partial charge in [0.2, 0.25) is 0 Å². The minimum atomic E-state index is -1.53. The van der Waals surface area contributed by atoms with Gasteiger partial charge in [-0.3, -0.25) is 0 Å². The van der Waals surface area contributed by atoms with Gasteiger partial charge in [-0.05, 0) is 45.1 Å². The molecule has 1 aromatic carbocycles. The van der Waals surface area contributed by atoms with Gasteiger partial charge in [0.25, 0.3) is 5.79 Å². The van der Waals surface area contributed by atoms with Crippen LogP contribution in [0.3, 0.4) is 0 Å². The molecule has 3 unspecified atom stereocenters. The number of benzene rings is 1. The Morgan fingerprint density at radius 1 is 1.33 bits per heavy atom. The SMILES string of the molecule is CC/C(=N/OCCCCC1COC(C)(C(=O)O)OC1C)c1ccc(C)cc1. The number of carbonyl (C=O) groups is 1. The summed E-state index contributed by atoms with van der Waals surface area (Å²) in [6.07, 6.45) is 3.41. The first-order valence-corrected chi connectivity index (χ1v) is 9.66. The molecular weight excluding hydrogens is 346 g/mol. The molecule has 0 amide bonds. The number of aryl methyl sites for hydroxylation is 1. The number of aliphatic carboxylic acids is 1. The van der Waals surface area contributed by atoms with Gasteiger partial charge in [0.05, 0.1) is 18.4 Å². The molecule has 0 spiro atoms. The highest BCUT2D eigenvalue weighted by Crippen LogP contribution is 2.29. The van der Waals surface area contributed by atoms with Gasteiger partial charge in [0.15, 0.2) is 0 Å². The van der Waals surface area contributed by atoms with Crippen molar-refractivity contribution >= 4 is 11.7 Å². The molecule has 1 aliphatic heterocycles. The molecule has 1 N–H and O–H groups in total. The first kappa shape index (κ1) is 21.4. The summed E-state index contributed by atoms with van der Waals surface area (Å²) in [4.78, 5) is 16.7. The van der Waals surface area contributed by atoms with E-state index in [1.807, 2.05) is 6.92 Å². The summed E-state index contributed by atoms with van der Waals surface area (Å²) in [6.45, 7) is 8.45. The summed E-state index contributed by atoms with van der Waals surface area (Å²) in [5.74, 6) is -2.42. The van der Waals surface area contributed by atoms with E-state index in [-0.39, 0.29) is 12.0 Å². The maximum atomic E-state index is 11.2. The van der Waals surface area contributed by atoms with Gasteiger partial charge in [0, 0.05) is 12.8 Å². The fraction of sp³-hybridized carbons (Fsp3) is 0.619. The van der Waals surface area contributed by atoms with E-state index in [0.717, 1.165) is 37.0 Å². The predicted octanol–water partition coefficient (Wildman–Crippen LogP) is 4.15. The number of carboxylic acid groups (broad SMARTS) is 1. The largest absolute Gasteiger partial charge is 0.477 e. The van der Waals surface area contributed by atoms with Gasteiger partial charge in [-0.2, -0.15) is 0 Å². The molecule has 3 atom stereocenters. The van der Waals surface area contributed by atoms with E-state index in [1.165, 1.54) is 12.5 Å². The summed E-state index contributed by atoms with van der Waals surface area (Å²) in [5, 5.41) is 13.4. The minimum Gasteiger partial charge on any atom is -0.477 e. The number of nitrogens with zero attached hydrogens (tertiary/aromatic N) is 1. The summed E-state index contributed by atoms with van der Waals surface area (Å²) in [6, 6.07) is 8.28. The fourth-order valence-corrected chi connectivity index (χ4v) is 3.08. The lowest BCUT2D eigenvalue weighted by Crippen LogP contribution is -2.51. The summed E-state index contributed by atoms with van der Waals surface area (Å²) < 4.78 is 11.0. The molecule has 0 bridgehead atoms. The molecule has 0 aromatic heterocycles. The van der Waals surface area contributed by atoms with Gasteiger partial charge in [-0.15, -0.1) is 0 Å². The van der Waals surface area contributed by atoms with Crippen molar-refractivity contribution in [3.05, 3.63) is 35.4 Å². The molecule has 0 saturated carbocycles. The number of unbranched alkanes of at least 4 members (excludes halogenated alkanes) is 1. The Labute approximate surface area is 161 Å². The number of hydrogen-bond acceptors (Lipinski definition) is 5. The topological polar surface area (TPSA) is 77.4 Å². The monoisotopic (exact) mass is 377 g/mol. The maximum Gasteiger partial charge on any atom is 0.364 e. The Kier molecular flexibility index (Phi) is 7.80. The molecule has 6 heteroatoms. The molecule has 1 aromatic rings. The van der Waals surface area contributed by atoms with Crippen LogP contribution in [0.2, 0.25) is 0 Å². The molecular formula is C21H31NO5. The Hall–Kier alpha value is -1.92. The van der Waals surface area contributed by atoms with Crippen molar-refractivity contribution in [1.29, 1.82) is 0 Å². The van der Waals surface area contributed by atoms with E-state index in [2.05, 4.69) is 43.3 Å². The van der Waals surface area contributed by atoms with Crippen LogP contribution in [0.5, 0.6) is 0 Å². The van der Waals surface area contributed by atoms with Crippen LogP contribution >= 0.6 is 0 Å². The van der Waals surface area contributed by atoms with Crippen LogP contribution in [0.4, 0.5) is 0 Å². The molecule has 150 valence electrons. The van der Waals surface area contributed by atoms with Gasteiger partial charge in [0.1, 0.15) is 6.61 Å². The van der Waals surface area contributed by atoms with Crippen LogP contribution in [-0.4, -0.2) is 41.9 Å². The minimum absolute atomic E-state index is 0.146. The van der Waals surface area contributed by atoms with E-state index in [1.54, 1.807) is 0 Å². The Balaban J connectivity index is 1.70. The van der Waals surface area contributed by atoms with Gasteiger partial charge in [-0.1, -0.05) is 41.9 Å². The zero-order valence-electron chi connectivity index (χ0n) is 16.7. The number of carboxylic acids is 1. The fourth-order valence-electron chi connectivity index (χ4n) is 3.08. The van der Waals surface area contributed by atoms with E-state index >= 15 is 0 Å². The average molecular weight is 377 g/mol. The highest BCUT2D eigenvalue weighted by Gasteiger charge is 2.43. The number of ether oxygens (including phenoxy) is 2. The van der Waals surface area contributed by atoms with Crippen molar-refractivity contribution in [2.24, 2.45) is 11.1 Å². The van der Waals surface area contributed by atoms with Gasteiger partial charge in [-0.25, -0.2) is 4.79 Å². The molecule has 0 radical (unpaired) electrons. The summed E-state index contributed by atoms with van der Waals surface area (Å²) >= 11 is 0. The van der Waals surface area contributed by atoms with Crippen molar-refractivity contribution < 1.29 is 24.2 Å². The summed E-state index contributed by atoms with van der Waals surface area (Å²) in [5.41, 5.74) is 3.27. The lowest BCUT2D eigenvalue weighted by atomic mass is 9.96. The molecule has 0 aliphatic carbocycles. The second-order valence-electron chi connectivity index (χ2n) is 7.23. The smallest absolute Gasteiger partial charge is 0.364 e. The lowest BCUT2D eigenvalue weighted by Gasteiger charge is -2.39. The van der Waals surface area contributed by atoms with Crippen molar-refractivity contribution in [1.82, 2.24) is 0 Å². The third-order valence-corrected chi connectivity index (χ3v) is 4.99. The average Bonchev–Trinajstić information content (AvgIpc) is 2.63. The molecule has 6 nitrogen and oxygen atoms in total. The Morgan fingerprint density at radius 2 is 2.04 bits per heavy atom. The summed E-state index contributed by atoms with van der Waals surface area (Å²) in [7, 11) is 0. The number of hydrogen-bond donors (Lipinski definition) is 1. The lowest BCUT2D eigenvalue weighted by molar-refractivity contribution is -0.292. The standard InChI is InChI=1S/C21H31NO5/c1-5-19(17-11-9-15(2)10-12-17)22-26-13-7-6-8-18-14-25-21(4,20(23)24)27-16(18)3/h9-12,16,18H,5-8,13-14H2,1-4H3,(H,23,24)/b22-19-. The zero-order chi connectivity index (χ0) is 19.9. The zero-order valence-corrected chi connectivity index (χ0v) is 16.7. The third kappa shape index (κ3) is 6.04. The van der Waals surface area contributed by atoms with Crippen molar-refractivity contribution in [2.45, 2.75) is 65.3 Å². The highest BCUT2D eigenvalue weighted by molar-refractivity contribution is 6.00. The first-order valence-electron chi connectivity index (χ1n) is 9.66. The van der Waals surface area contributed by atoms with E-state index in [9.17, 15) is 4.79 Å². The highest BCUT2D eigenvalue weighted by atomic mass is 16.7. The van der Waals surface area contributed by atoms with Crippen LogP contribution in [0, 0.1) is 12.8 Å². The second-order valence-corrected chi connectivity index (χ2v) is 7.23. The predicted molar refractivity (Wildman–Crippen MR) is 104 cm³/mol. The van der Waals surface area contributed by atoms with Crippen LogP contribution < -0.4 is 0 Å². The molecule has 27 heavy (non-hydrogen) atoms. The normalized spacial score (nSPS) is 26.0. The molecule has 1 heterocycles. The number of oxime groups is 1. The van der Waals surface area contributed by atoms with E-state index in [0.29, 0.717) is 13.2 Å². The quantitative estimate of drug-likeness (QED) is 0.397. The number of rotatable bonds is 9. The third-order valence-electron chi connectivity index (χ3n) is 4.99. The maximum absolute atomic E-state index is 11.2. The Morgan fingerprint density at radius 3 is 2.63 bits per heavy atom. The van der Waals surface area contributed by atoms with E-state index in [4.69, 9.17) is 19.4 Å². The molecule has 2 rings (SSSR count). The van der Waals surface area contributed by atoms with E-state index < -0.39 is 11.8 Å². The molecule has 1 saturated heterocycles. The molecule has 1 aliphatic rings. The molecule has 1 fully saturated rings. The van der Waals surface area contributed by atoms with Gasteiger partial charge >= 0.3 is 5.97 Å². The Bertz CT molecular complexity index is 642.